The number of hydrogen-bond acceptors (Lipinski definition) is 5. The molecule has 1 aromatic rings. The molecular formula is C17H21BrN2O3S. The monoisotopic (exact) mass is 412 g/mol. The second-order valence-electron chi connectivity index (χ2n) is 5.21. The normalized spacial score (nSPS) is 16.3. The molecule has 0 saturated carbocycles. The average molecular weight is 413 g/mol. The zero-order valence-corrected chi connectivity index (χ0v) is 16.4. The van der Waals surface area contributed by atoms with Crippen LogP contribution in [0.4, 0.5) is 10.5 Å². The zero-order chi connectivity index (χ0) is 17.7. The molecule has 0 N–H and O–H groups in total. The summed E-state index contributed by atoms with van der Waals surface area (Å²) in [6, 6.07) is 5.95. The van der Waals surface area contributed by atoms with Gasteiger partial charge in [-0.25, -0.2) is 0 Å². The molecule has 1 heterocycles. The number of carbonyl (C=O) groups excluding carboxylic acids is 2. The Balaban J connectivity index is 2.21. The minimum atomic E-state index is -0.258. The third-order valence-electron chi connectivity index (χ3n) is 3.77. The fourth-order valence-corrected chi connectivity index (χ4v) is 3.97. The molecule has 7 heteroatoms. The van der Waals surface area contributed by atoms with Crippen molar-refractivity contribution in [3.8, 4) is 0 Å². The SMILES string of the molecule is CCN(CC)c1ccc(/C=C2/SC(=O)N(CCOC)C2=O)cc1Br. The van der Waals surface area contributed by atoms with Crippen LogP contribution in [0, 0.1) is 0 Å². The van der Waals surface area contributed by atoms with Gasteiger partial charge in [-0.05, 0) is 65.3 Å². The van der Waals surface area contributed by atoms with Crippen molar-refractivity contribution in [2.24, 2.45) is 0 Å². The Morgan fingerprint density at radius 3 is 2.58 bits per heavy atom. The predicted octanol–water partition coefficient (Wildman–Crippen LogP) is 3.98. The highest BCUT2D eigenvalue weighted by Crippen LogP contribution is 2.34. The van der Waals surface area contributed by atoms with Gasteiger partial charge in [0.05, 0.1) is 23.7 Å². The Morgan fingerprint density at radius 2 is 2.00 bits per heavy atom. The Hall–Kier alpha value is -1.31. The summed E-state index contributed by atoms with van der Waals surface area (Å²) in [4.78, 5) is 28.2. The second-order valence-corrected chi connectivity index (χ2v) is 7.06. The van der Waals surface area contributed by atoms with Crippen LogP contribution >= 0.6 is 27.7 Å². The number of methoxy groups -OCH3 is 1. The third kappa shape index (κ3) is 4.20. The van der Waals surface area contributed by atoms with E-state index >= 15 is 0 Å². The lowest BCUT2D eigenvalue weighted by Gasteiger charge is -2.22. The van der Waals surface area contributed by atoms with Gasteiger partial charge in [-0.3, -0.25) is 14.5 Å². The van der Waals surface area contributed by atoms with E-state index in [9.17, 15) is 9.59 Å². The van der Waals surface area contributed by atoms with E-state index in [0.717, 1.165) is 40.6 Å². The lowest BCUT2D eigenvalue weighted by atomic mass is 10.1. The minimum absolute atomic E-state index is 0.248. The van der Waals surface area contributed by atoms with E-state index < -0.39 is 0 Å². The molecule has 2 rings (SSSR count). The number of ether oxygens (including phenoxy) is 1. The summed E-state index contributed by atoms with van der Waals surface area (Å²) >= 11 is 4.56. The quantitative estimate of drug-likeness (QED) is 0.633. The van der Waals surface area contributed by atoms with Crippen LogP contribution in [-0.2, 0) is 9.53 Å². The number of thioether (sulfide) groups is 1. The van der Waals surface area contributed by atoms with E-state index in [2.05, 4.69) is 34.7 Å². The van der Waals surface area contributed by atoms with E-state index in [-0.39, 0.29) is 17.7 Å². The molecule has 0 atom stereocenters. The van der Waals surface area contributed by atoms with Crippen molar-refractivity contribution < 1.29 is 14.3 Å². The van der Waals surface area contributed by atoms with Crippen molar-refractivity contribution in [2.45, 2.75) is 13.8 Å². The Bertz CT molecular complexity index is 659. The maximum Gasteiger partial charge on any atom is 0.293 e. The van der Waals surface area contributed by atoms with Crippen LogP contribution in [0.2, 0.25) is 0 Å². The van der Waals surface area contributed by atoms with Crippen molar-refractivity contribution in [1.29, 1.82) is 0 Å². The average Bonchev–Trinajstić information content (AvgIpc) is 2.82. The molecule has 1 fully saturated rings. The highest BCUT2D eigenvalue weighted by atomic mass is 79.9. The van der Waals surface area contributed by atoms with Gasteiger partial charge in [-0.15, -0.1) is 0 Å². The number of halogens is 1. The van der Waals surface area contributed by atoms with Gasteiger partial charge in [0.1, 0.15) is 0 Å². The molecule has 0 aromatic heterocycles. The van der Waals surface area contributed by atoms with Crippen LogP contribution in [0.25, 0.3) is 6.08 Å². The number of hydrogen-bond donors (Lipinski definition) is 0. The molecule has 0 radical (unpaired) electrons. The van der Waals surface area contributed by atoms with Gasteiger partial charge in [0, 0.05) is 24.7 Å². The number of nitrogens with zero attached hydrogens (tertiary/aromatic N) is 2. The molecular weight excluding hydrogens is 392 g/mol. The summed E-state index contributed by atoms with van der Waals surface area (Å²) in [7, 11) is 1.55. The van der Waals surface area contributed by atoms with Gasteiger partial charge in [-0.2, -0.15) is 0 Å². The van der Waals surface area contributed by atoms with Crippen LogP contribution in [0.1, 0.15) is 19.4 Å². The van der Waals surface area contributed by atoms with Gasteiger partial charge in [0.25, 0.3) is 11.1 Å². The molecule has 1 aliphatic rings. The first-order chi connectivity index (χ1) is 11.5. The molecule has 0 unspecified atom stereocenters. The Kier molecular flexibility index (Phi) is 6.89. The van der Waals surface area contributed by atoms with Gasteiger partial charge >= 0.3 is 0 Å². The lowest BCUT2D eigenvalue weighted by molar-refractivity contribution is -0.123. The van der Waals surface area contributed by atoms with Gasteiger partial charge < -0.3 is 9.64 Å². The zero-order valence-electron chi connectivity index (χ0n) is 14.0. The van der Waals surface area contributed by atoms with Crippen LogP contribution in [0.5, 0.6) is 0 Å². The lowest BCUT2D eigenvalue weighted by Crippen LogP contribution is -2.31. The van der Waals surface area contributed by atoms with Crippen LogP contribution in [0.3, 0.4) is 0 Å². The van der Waals surface area contributed by atoms with Crippen LogP contribution in [0.15, 0.2) is 27.6 Å². The number of benzene rings is 1. The van der Waals surface area contributed by atoms with Crippen molar-refractivity contribution in [2.75, 3.05) is 38.3 Å². The predicted molar refractivity (Wildman–Crippen MR) is 102 cm³/mol. The molecule has 0 bridgehead atoms. The summed E-state index contributed by atoms with van der Waals surface area (Å²) in [5.74, 6) is -0.258. The first-order valence-corrected chi connectivity index (χ1v) is 9.41. The molecule has 1 aromatic carbocycles. The van der Waals surface area contributed by atoms with Crippen molar-refractivity contribution >= 4 is 50.6 Å². The minimum Gasteiger partial charge on any atom is -0.383 e. The van der Waals surface area contributed by atoms with E-state index in [1.54, 1.807) is 13.2 Å². The summed E-state index contributed by atoms with van der Waals surface area (Å²) in [6.07, 6.45) is 1.76. The smallest absolute Gasteiger partial charge is 0.293 e. The van der Waals surface area contributed by atoms with Crippen molar-refractivity contribution in [3.05, 3.63) is 33.1 Å². The van der Waals surface area contributed by atoms with Gasteiger partial charge in [0.15, 0.2) is 0 Å². The summed E-state index contributed by atoms with van der Waals surface area (Å²) in [6.45, 7) is 6.69. The summed E-state index contributed by atoms with van der Waals surface area (Å²) in [5, 5.41) is -0.248. The highest BCUT2D eigenvalue weighted by Gasteiger charge is 2.34. The molecule has 2 amide bonds. The molecule has 5 nitrogen and oxygen atoms in total. The van der Waals surface area contributed by atoms with Crippen molar-refractivity contribution in [3.63, 3.8) is 0 Å². The molecule has 1 saturated heterocycles. The van der Waals surface area contributed by atoms with E-state index in [1.807, 2.05) is 18.2 Å². The first-order valence-electron chi connectivity index (χ1n) is 7.80. The standard InChI is InChI=1S/C17H21BrN2O3S/c1-4-19(5-2)14-7-6-12(10-13(14)18)11-15-16(21)20(8-9-23-3)17(22)24-15/h6-7,10-11H,4-5,8-9H2,1-3H3/b15-11+. The summed E-state index contributed by atoms with van der Waals surface area (Å²) in [5.41, 5.74) is 2.00. The Labute approximate surface area is 155 Å². The maximum atomic E-state index is 12.3. The number of carbonyl (C=O) groups is 2. The number of imide groups is 1. The molecule has 130 valence electrons. The first kappa shape index (κ1) is 19.0. The highest BCUT2D eigenvalue weighted by molar-refractivity contribution is 9.10. The van der Waals surface area contributed by atoms with Gasteiger partial charge in [0.2, 0.25) is 0 Å². The fraction of sp³-hybridized carbons (Fsp3) is 0.412. The maximum absolute atomic E-state index is 12.3. The second kappa shape index (κ2) is 8.69. The van der Waals surface area contributed by atoms with E-state index in [1.165, 1.54) is 4.90 Å². The van der Waals surface area contributed by atoms with Crippen molar-refractivity contribution in [1.82, 2.24) is 4.90 Å². The summed E-state index contributed by atoms with van der Waals surface area (Å²) < 4.78 is 5.91. The topological polar surface area (TPSA) is 49.9 Å². The Morgan fingerprint density at radius 1 is 1.29 bits per heavy atom. The van der Waals surface area contributed by atoms with Crippen LogP contribution in [-0.4, -0.2) is 49.4 Å². The number of rotatable bonds is 7. The largest absolute Gasteiger partial charge is 0.383 e. The van der Waals surface area contributed by atoms with E-state index in [4.69, 9.17) is 4.74 Å². The van der Waals surface area contributed by atoms with Crippen LogP contribution < -0.4 is 4.90 Å². The molecule has 0 spiro atoms. The van der Waals surface area contributed by atoms with E-state index in [0.29, 0.717) is 11.5 Å². The molecule has 1 aliphatic heterocycles. The fourth-order valence-electron chi connectivity index (χ4n) is 2.46. The molecule has 24 heavy (non-hydrogen) atoms. The number of anilines is 1. The molecule has 0 aliphatic carbocycles. The number of amides is 2. The third-order valence-corrected chi connectivity index (χ3v) is 5.31. The van der Waals surface area contributed by atoms with Gasteiger partial charge in [-0.1, -0.05) is 6.07 Å².